The first-order valence-corrected chi connectivity index (χ1v) is 27.2. The minimum atomic E-state index is -0.708. The molecule has 2 N–H and O–H groups in total. The Morgan fingerprint density at radius 3 is 2.15 bits per heavy atom. The Hall–Kier alpha value is -6.27. The zero-order valence-corrected chi connectivity index (χ0v) is 43.8. The summed E-state index contributed by atoms with van der Waals surface area (Å²) in [7, 11) is 0. The first-order valence-electron chi connectivity index (χ1n) is 27.2. The first kappa shape index (κ1) is 53.6. The number of halogens is 2. The maximum atomic E-state index is 15.3. The normalized spacial score (nSPS) is 20.3. The summed E-state index contributed by atoms with van der Waals surface area (Å²) in [5.74, 6) is -1.80. The van der Waals surface area contributed by atoms with Crippen LogP contribution < -0.4 is 10.9 Å². The fourth-order valence-electron chi connectivity index (χ4n) is 11.8. The number of hydrogen-bond donors (Lipinski definition) is 2. The second kappa shape index (κ2) is 23.7. The second-order valence-corrected chi connectivity index (χ2v) is 22.4. The van der Waals surface area contributed by atoms with Crippen LogP contribution in [0.4, 0.5) is 13.6 Å². The number of aromatic amines is 1. The van der Waals surface area contributed by atoms with Crippen molar-refractivity contribution < 1.29 is 37.5 Å². The highest BCUT2D eigenvalue weighted by Crippen LogP contribution is 2.32. The van der Waals surface area contributed by atoms with Crippen LogP contribution in [0, 0.1) is 23.5 Å². The number of nitrogens with one attached hydrogen (secondary N) is 2. The van der Waals surface area contributed by atoms with Crippen LogP contribution >= 0.6 is 0 Å². The molecule has 4 aliphatic heterocycles. The van der Waals surface area contributed by atoms with Gasteiger partial charge in [-0.2, -0.15) is 5.10 Å². The monoisotopic (exact) mass is 1030 g/mol. The average Bonchev–Trinajstić information content (AvgIpc) is 3.41. The Labute approximate surface area is 438 Å². The lowest BCUT2D eigenvalue weighted by molar-refractivity contribution is -0.137. The molecule has 4 saturated heterocycles. The molecule has 75 heavy (non-hydrogen) atoms. The predicted octanol–water partition coefficient (Wildman–Crippen LogP) is 6.43. The molecule has 1 aliphatic carbocycles. The summed E-state index contributed by atoms with van der Waals surface area (Å²) >= 11 is 0. The van der Waals surface area contributed by atoms with Crippen molar-refractivity contribution in [1.29, 1.82) is 0 Å². The summed E-state index contributed by atoms with van der Waals surface area (Å²) < 4.78 is 36.0. The van der Waals surface area contributed by atoms with Crippen LogP contribution in [0.5, 0.6) is 0 Å². The van der Waals surface area contributed by atoms with Crippen molar-refractivity contribution >= 4 is 40.5 Å². The summed E-state index contributed by atoms with van der Waals surface area (Å²) in [6.07, 6.45) is 8.03. The largest absolute Gasteiger partial charge is 0.444 e. The maximum Gasteiger partial charge on any atom is 0.410 e. The van der Waals surface area contributed by atoms with Gasteiger partial charge in [0.05, 0.1) is 23.2 Å². The van der Waals surface area contributed by atoms with Crippen LogP contribution in [0.2, 0.25) is 0 Å². The molecular weight excluding hydrogens is 961 g/mol. The van der Waals surface area contributed by atoms with Gasteiger partial charge in [0.15, 0.2) is 0 Å². The van der Waals surface area contributed by atoms with Crippen LogP contribution in [-0.4, -0.2) is 173 Å². The molecule has 0 spiro atoms. The maximum absolute atomic E-state index is 15.3. The summed E-state index contributed by atoms with van der Waals surface area (Å²) in [6.45, 7) is 13.1. The van der Waals surface area contributed by atoms with Crippen LogP contribution in [0.25, 0.3) is 10.8 Å². The number of amides is 5. The molecule has 3 aromatic carbocycles. The quantitative estimate of drug-likeness (QED) is 0.161. The molecule has 4 aromatic rings. The molecule has 1 unspecified atom stereocenters. The van der Waals surface area contributed by atoms with E-state index in [2.05, 4.69) is 25.3 Å². The van der Waals surface area contributed by atoms with E-state index >= 15 is 8.78 Å². The second-order valence-electron chi connectivity index (χ2n) is 22.4. The molecule has 5 amide bonds. The molecule has 402 valence electrons. The number of benzene rings is 3. The van der Waals surface area contributed by atoms with E-state index in [0.29, 0.717) is 98.8 Å². The van der Waals surface area contributed by atoms with Crippen LogP contribution in [0.15, 0.2) is 65.5 Å². The summed E-state index contributed by atoms with van der Waals surface area (Å²) in [5, 5.41) is 11.1. The Kier molecular flexibility index (Phi) is 16.9. The molecule has 1 saturated carbocycles. The number of carbonyl (C=O) groups excluding carboxylic acids is 5. The van der Waals surface area contributed by atoms with Crippen LogP contribution in [0.3, 0.4) is 0 Å². The van der Waals surface area contributed by atoms with Gasteiger partial charge in [-0.1, -0.05) is 43.5 Å². The van der Waals surface area contributed by atoms with Crippen molar-refractivity contribution in [2.75, 3.05) is 91.6 Å². The highest BCUT2D eigenvalue weighted by atomic mass is 19.1. The lowest BCUT2D eigenvalue weighted by atomic mass is 9.83. The molecule has 9 rings (SSSR count). The molecule has 0 radical (unpaired) electrons. The summed E-state index contributed by atoms with van der Waals surface area (Å²) in [4.78, 5) is 92.3. The zero-order chi connectivity index (χ0) is 52.8. The number of fused-ring (bicyclic) bond motifs is 1. The van der Waals surface area contributed by atoms with Gasteiger partial charge in [0, 0.05) is 95.3 Å². The molecule has 0 bridgehead atoms. The molecule has 2 atom stereocenters. The number of likely N-dealkylation sites (tertiary alicyclic amines) is 2. The molecule has 5 aliphatic rings. The zero-order valence-electron chi connectivity index (χ0n) is 43.8. The van der Waals surface area contributed by atoms with Gasteiger partial charge in [0.1, 0.15) is 23.3 Å². The van der Waals surface area contributed by atoms with Gasteiger partial charge in [0.25, 0.3) is 17.4 Å². The van der Waals surface area contributed by atoms with Crippen molar-refractivity contribution in [1.82, 2.24) is 44.9 Å². The van der Waals surface area contributed by atoms with E-state index in [0.717, 1.165) is 90.5 Å². The molecule has 18 heteroatoms. The third-order valence-electron chi connectivity index (χ3n) is 16.0. The topological polar surface area (TPSA) is 172 Å². The van der Waals surface area contributed by atoms with Crippen molar-refractivity contribution in [2.24, 2.45) is 11.8 Å². The van der Waals surface area contributed by atoms with Gasteiger partial charge in [-0.3, -0.25) is 33.8 Å². The Morgan fingerprint density at radius 1 is 0.733 bits per heavy atom. The van der Waals surface area contributed by atoms with Gasteiger partial charge in [-0.15, -0.1) is 0 Å². The van der Waals surface area contributed by atoms with E-state index in [1.807, 2.05) is 37.8 Å². The van der Waals surface area contributed by atoms with E-state index in [1.165, 1.54) is 18.2 Å². The lowest BCUT2D eigenvalue weighted by Crippen LogP contribution is -2.57. The average molecular weight is 1030 g/mol. The minimum absolute atomic E-state index is 0.00453. The van der Waals surface area contributed by atoms with Crippen molar-refractivity contribution in [2.45, 2.75) is 103 Å². The smallest absolute Gasteiger partial charge is 0.410 e. The molecule has 16 nitrogen and oxygen atoms in total. The van der Waals surface area contributed by atoms with E-state index in [-0.39, 0.29) is 40.3 Å². The third-order valence-corrected chi connectivity index (χ3v) is 16.0. The Bertz CT molecular complexity index is 2770. The lowest BCUT2D eigenvalue weighted by Gasteiger charge is -2.41. The van der Waals surface area contributed by atoms with E-state index in [9.17, 15) is 28.8 Å². The molecule has 1 aromatic heterocycles. The molecular formula is C57H73F2N9O7. The van der Waals surface area contributed by atoms with E-state index in [1.54, 1.807) is 45.0 Å². The first-order chi connectivity index (χ1) is 36.0. The highest BCUT2D eigenvalue weighted by molar-refractivity contribution is 5.98. The minimum Gasteiger partial charge on any atom is -0.444 e. The number of nitrogens with zero attached hydrogens (tertiary/aromatic N) is 7. The standard InChI is InChI=1S/C57H73F2N9O7/c1-57(2,3)75-56(74)68-19-9-12-41(36-68)42-32-43(34-44(58)33-42)52(70)60-51(40-10-5-4-6-11-40)55(73)67-24-22-64(23-25-67)35-38-17-20-63(21-18-38)37-50(69)65-26-28-66(29-27-65)54(72)47-30-39(15-16-48(47)59)31-49-45-13-7-8-14-46(45)53(71)62-61-49/h7-8,13-16,30,32-34,38,40-41,51H,4-6,9-12,17-29,31,35-37H2,1-3H3,(H,60,70)(H,62,71)/t41?,51-/m1/s1. The summed E-state index contributed by atoms with van der Waals surface area (Å²) in [5.41, 5.74) is 1.17. The number of piperazine rings is 2. The number of hydrogen-bond acceptors (Lipinski definition) is 10. The van der Waals surface area contributed by atoms with Gasteiger partial charge in [-0.25, -0.2) is 18.7 Å². The predicted molar refractivity (Wildman–Crippen MR) is 280 cm³/mol. The Balaban J connectivity index is 0.714. The number of rotatable bonds is 12. The number of H-pyrrole nitrogens is 1. The number of aromatic nitrogens is 2. The third kappa shape index (κ3) is 13.4. The number of carbonyl (C=O) groups is 5. The number of piperidine rings is 2. The van der Waals surface area contributed by atoms with Crippen LogP contribution in [0.1, 0.15) is 122 Å². The van der Waals surface area contributed by atoms with Crippen molar-refractivity contribution in [3.8, 4) is 0 Å². The van der Waals surface area contributed by atoms with Crippen molar-refractivity contribution in [3.63, 3.8) is 0 Å². The van der Waals surface area contributed by atoms with Crippen molar-refractivity contribution in [3.05, 3.63) is 111 Å². The number of ether oxygens (including phenoxy) is 1. The van der Waals surface area contributed by atoms with Gasteiger partial charge >= 0.3 is 6.09 Å². The summed E-state index contributed by atoms with van der Waals surface area (Å²) in [6, 6.07) is 15.3. The fourth-order valence-corrected chi connectivity index (χ4v) is 11.8. The van der Waals surface area contributed by atoms with E-state index in [4.69, 9.17) is 4.74 Å². The van der Waals surface area contributed by atoms with Gasteiger partial charge in [-0.05, 0) is 132 Å². The van der Waals surface area contributed by atoms with Crippen LogP contribution in [-0.2, 0) is 20.7 Å². The fraction of sp³-hybridized carbons (Fsp3) is 0.561. The van der Waals surface area contributed by atoms with Gasteiger partial charge in [0.2, 0.25) is 11.8 Å². The Morgan fingerprint density at radius 2 is 1.43 bits per heavy atom. The van der Waals surface area contributed by atoms with Gasteiger partial charge < -0.3 is 29.7 Å². The molecule has 5 fully saturated rings. The SMILES string of the molecule is CC(C)(C)OC(=O)N1CCCC(c2cc(F)cc(C(=O)N[C@@H](C(=O)N3CCN(CC4CCN(CC(=O)N5CCN(C(=O)c6cc(Cc7n[nH]c(=O)c8ccccc78)ccc6F)CC5)CC4)CC3)C3CCCCC3)c2)C1. The highest BCUT2D eigenvalue weighted by Gasteiger charge is 2.37. The van der Waals surface area contributed by atoms with E-state index < -0.39 is 41.2 Å². The molecule has 5 heterocycles.